The Labute approximate surface area is 244 Å². The Kier molecular flexibility index (Phi) is 18.1. The van der Waals surface area contributed by atoms with Crippen molar-refractivity contribution in [3.8, 4) is 0 Å². The molecule has 0 amide bonds. The third-order valence-electron chi connectivity index (χ3n) is 7.61. The minimum absolute atomic E-state index is 0.00247. The number of carboxylic acid groups (broad SMARTS) is 1. The second-order valence-corrected chi connectivity index (χ2v) is 16.8. The summed E-state index contributed by atoms with van der Waals surface area (Å²) in [5.74, 6) is -0.862. The smallest absolute Gasteiger partial charge is 0.303 e. The van der Waals surface area contributed by atoms with Gasteiger partial charge in [0.1, 0.15) is 13.6 Å². The van der Waals surface area contributed by atoms with E-state index in [0.29, 0.717) is 25.9 Å². The quantitative estimate of drug-likeness (QED) is 0.0822. The van der Waals surface area contributed by atoms with Gasteiger partial charge < -0.3 is 33.2 Å². The number of unbranched alkanes of at least 4 members (excludes halogenated alkanes) is 2. The summed E-state index contributed by atoms with van der Waals surface area (Å²) in [5.41, 5.74) is 1.05. The zero-order valence-corrected chi connectivity index (χ0v) is 27.3. The van der Waals surface area contributed by atoms with E-state index in [1.54, 1.807) is 14.2 Å². The fourth-order valence-corrected chi connectivity index (χ4v) is 5.66. The molecule has 1 aromatic rings. The molecule has 0 unspecified atom stereocenters. The predicted octanol–water partition coefficient (Wildman–Crippen LogP) is 7.17. The summed E-state index contributed by atoms with van der Waals surface area (Å²) in [6, 6.07) is 10.0. The van der Waals surface area contributed by atoms with Gasteiger partial charge in [-0.15, -0.1) is 0 Å². The van der Waals surface area contributed by atoms with Crippen molar-refractivity contribution >= 4 is 14.3 Å². The van der Waals surface area contributed by atoms with Gasteiger partial charge in [-0.2, -0.15) is 0 Å². The maximum absolute atomic E-state index is 11.4. The van der Waals surface area contributed by atoms with Crippen LogP contribution in [0.3, 0.4) is 0 Å². The average Bonchev–Trinajstić information content (AvgIpc) is 2.89. The Balaban J connectivity index is 3.29. The van der Waals surface area contributed by atoms with E-state index in [2.05, 4.69) is 40.8 Å². The molecule has 0 aliphatic carbocycles. The van der Waals surface area contributed by atoms with Crippen LogP contribution in [0.1, 0.15) is 84.6 Å². The van der Waals surface area contributed by atoms with E-state index in [9.17, 15) is 9.90 Å². The van der Waals surface area contributed by atoms with Crippen LogP contribution in [-0.4, -0.2) is 71.6 Å². The molecule has 232 valence electrons. The van der Waals surface area contributed by atoms with Crippen LogP contribution in [0.2, 0.25) is 18.1 Å². The number of carbonyl (C=O) groups is 1. The molecule has 1 rings (SSSR count). The molecule has 0 fully saturated rings. The lowest BCUT2D eigenvalue weighted by Gasteiger charge is -2.41. The number of carboxylic acids is 1. The SMILES string of the molecule is CCCCC[C@H](C[C@H](OCOC)[C@H](C[C@H](CCC(=O)O)OCOC)OCc1ccccc1)O[Si](C)(C)C(C)(C)C. The Morgan fingerprint density at radius 2 is 1.48 bits per heavy atom. The van der Waals surface area contributed by atoms with Gasteiger partial charge in [0.15, 0.2) is 8.32 Å². The van der Waals surface area contributed by atoms with Crippen LogP contribution in [0.4, 0.5) is 0 Å². The fraction of sp³-hybridized carbons (Fsp3) is 0.774. The van der Waals surface area contributed by atoms with Crippen molar-refractivity contribution in [1.29, 1.82) is 0 Å². The largest absolute Gasteiger partial charge is 0.481 e. The number of methoxy groups -OCH3 is 2. The number of hydrogen-bond acceptors (Lipinski definition) is 7. The molecule has 0 heterocycles. The van der Waals surface area contributed by atoms with E-state index in [0.717, 1.165) is 31.2 Å². The molecule has 0 aliphatic rings. The summed E-state index contributed by atoms with van der Waals surface area (Å²) in [7, 11) is 1.13. The summed E-state index contributed by atoms with van der Waals surface area (Å²) in [4.78, 5) is 11.4. The van der Waals surface area contributed by atoms with E-state index >= 15 is 0 Å². The molecule has 0 aromatic heterocycles. The van der Waals surface area contributed by atoms with Gasteiger partial charge in [-0.3, -0.25) is 4.79 Å². The molecule has 1 aromatic carbocycles. The number of benzene rings is 1. The maximum atomic E-state index is 11.4. The number of hydrogen-bond donors (Lipinski definition) is 1. The van der Waals surface area contributed by atoms with Gasteiger partial charge in [-0.1, -0.05) is 77.3 Å². The summed E-state index contributed by atoms with van der Waals surface area (Å²) in [6.45, 7) is 14.2. The first-order chi connectivity index (χ1) is 18.9. The standard InChI is InChI=1S/C31H56O8Si/c1-9-10-12-17-27(39-40(7,8)31(2,3)4)21-29(38-24-35-6)28(36-22-25-15-13-11-14-16-25)20-26(37-23-34-5)18-19-30(32)33/h11,13-16,26-29H,9-10,12,17-24H2,1-8H3,(H,32,33)/t26-,27+,28-,29-/m0/s1. The summed E-state index contributed by atoms with van der Waals surface area (Å²) < 4.78 is 36.2. The first-order valence-electron chi connectivity index (χ1n) is 14.7. The second-order valence-electron chi connectivity index (χ2n) is 12.0. The van der Waals surface area contributed by atoms with Crippen molar-refractivity contribution in [1.82, 2.24) is 0 Å². The molecule has 9 heteroatoms. The summed E-state index contributed by atoms with van der Waals surface area (Å²) in [5, 5.41) is 9.40. The molecule has 8 nitrogen and oxygen atoms in total. The van der Waals surface area contributed by atoms with Crippen LogP contribution in [0, 0.1) is 0 Å². The molecule has 1 N–H and O–H groups in total. The van der Waals surface area contributed by atoms with Crippen LogP contribution >= 0.6 is 0 Å². The highest BCUT2D eigenvalue weighted by Crippen LogP contribution is 2.39. The van der Waals surface area contributed by atoms with E-state index in [4.69, 9.17) is 28.1 Å². The Morgan fingerprint density at radius 3 is 2.05 bits per heavy atom. The van der Waals surface area contributed by atoms with Crippen molar-refractivity contribution in [2.24, 2.45) is 0 Å². The Bertz CT molecular complexity index is 783. The van der Waals surface area contributed by atoms with Crippen LogP contribution in [0.5, 0.6) is 0 Å². The zero-order chi connectivity index (χ0) is 30.0. The van der Waals surface area contributed by atoms with Gasteiger partial charge in [0.2, 0.25) is 0 Å². The normalized spacial score (nSPS) is 15.5. The van der Waals surface area contributed by atoms with E-state index in [1.165, 1.54) is 0 Å². The third kappa shape index (κ3) is 15.1. The lowest BCUT2D eigenvalue weighted by atomic mass is 9.96. The van der Waals surface area contributed by atoms with Gasteiger partial charge in [0, 0.05) is 39.6 Å². The number of ether oxygens (including phenoxy) is 5. The van der Waals surface area contributed by atoms with Gasteiger partial charge in [0.25, 0.3) is 0 Å². The maximum Gasteiger partial charge on any atom is 0.303 e. The molecule has 4 atom stereocenters. The van der Waals surface area contributed by atoms with Crippen molar-refractivity contribution in [2.75, 3.05) is 27.8 Å². The molecular weight excluding hydrogens is 528 g/mol. The Hall–Kier alpha value is -1.33. The average molecular weight is 585 g/mol. The van der Waals surface area contributed by atoms with Gasteiger partial charge in [-0.05, 0) is 36.5 Å². The highest BCUT2D eigenvalue weighted by Gasteiger charge is 2.40. The van der Waals surface area contributed by atoms with E-state index in [-0.39, 0.29) is 49.5 Å². The Morgan fingerprint density at radius 1 is 0.875 bits per heavy atom. The lowest BCUT2D eigenvalue weighted by Crippen LogP contribution is -2.46. The van der Waals surface area contributed by atoms with Crippen LogP contribution in [0.15, 0.2) is 30.3 Å². The first kappa shape index (κ1) is 36.7. The molecule has 0 radical (unpaired) electrons. The zero-order valence-electron chi connectivity index (χ0n) is 26.3. The number of aliphatic carboxylic acids is 1. The molecule has 0 bridgehead atoms. The van der Waals surface area contributed by atoms with Gasteiger partial charge in [-0.25, -0.2) is 0 Å². The number of rotatable bonds is 23. The molecule has 0 saturated carbocycles. The van der Waals surface area contributed by atoms with Gasteiger partial charge in [0.05, 0.1) is 24.9 Å². The molecular formula is C31H56O8Si. The minimum Gasteiger partial charge on any atom is -0.481 e. The van der Waals surface area contributed by atoms with Crippen LogP contribution in [0.25, 0.3) is 0 Å². The summed E-state index contributed by atoms with van der Waals surface area (Å²) in [6.07, 6.45) is 4.70. The second kappa shape index (κ2) is 19.7. The van der Waals surface area contributed by atoms with Crippen LogP contribution in [-0.2, 0) is 39.5 Å². The highest BCUT2D eigenvalue weighted by molar-refractivity contribution is 6.74. The predicted molar refractivity (Wildman–Crippen MR) is 161 cm³/mol. The van der Waals surface area contributed by atoms with Crippen molar-refractivity contribution < 1.29 is 38.0 Å². The third-order valence-corrected chi connectivity index (χ3v) is 12.1. The minimum atomic E-state index is -2.04. The molecule has 0 spiro atoms. The lowest BCUT2D eigenvalue weighted by molar-refractivity contribution is -0.160. The van der Waals surface area contributed by atoms with Crippen molar-refractivity contribution in [2.45, 2.75) is 128 Å². The monoisotopic (exact) mass is 584 g/mol. The summed E-state index contributed by atoms with van der Waals surface area (Å²) >= 11 is 0. The van der Waals surface area contributed by atoms with Gasteiger partial charge >= 0.3 is 5.97 Å². The van der Waals surface area contributed by atoms with Crippen LogP contribution < -0.4 is 0 Å². The first-order valence-corrected chi connectivity index (χ1v) is 17.6. The highest BCUT2D eigenvalue weighted by atomic mass is 28.4. The fourth-order valence-electron chi connectivity index (χ4n) is 4.26. The topological polar surface area (TPSA) is 92.7 Å². The molecule has 0 saturated heterocycles. The van der Waals surface area contributed by atoms with E-state index < -0.39 is 14.3 Å². The van der Waals surface area contributed by atoms with Crippen molar-refractivity contribution in [3.63, 3.8) is 0 Å². The molecule has 0 aliphatic heterocycles. The van der Waals surface area contributed by atoms with Crippen molar-refractivity contribution in [3.05, 3.63) is 35.9 Å². The molecule has 40 heavy (non-hydrogen) atoms. The van der Waals surface area contributed by atoms with E-state index in [1.807, 2.05) is 30.3 Å².